The minimum Gasteiger partial charge on any atom is -0.230 e. The van der Waals surface area contributed by atoms with E-state index >= 15 is 0 Å². The lowest BCUT2D eigenvalue weighted by Gasteiger charge is -2.30. The van der Waals surface area contributed by atoms with Gasteiger partial charge in [-0.25, -0.2) is 4.39 Å². The van der Waals surface area contributed by atoms with Crippen LogP contribution in [0, 0.1) is 0 Å². The Hall–Kier alpha value is -0.770. The van der Waals surface area contributed by atoms with Crippen molar-refractivity contribution in [1.82, 2.24) is 0 Å². The van der Waals surface area contributed by atoms with E-state index in [2.05, 4.69) is 0 Å². The average Bonchev–Trinajstić information content (AvgIpc) is 2.11. The molecule has 0 aliphatic heterocycles. The van der Waals surface area contributed by atoms with Crippen molar-refractivity contribution in [2.45, 2.75) is 43.2 Å². The van der Waals surface area contributed by atoms with Gasteiger partial charge in [-0.2, -0.15) is 43.9 Å². The molecule has 18 heavy (non-hydrogen) atoms. The molecule has 110 valence electrons. The monoisotopic (exact) mass is 298 g/mol. The maximum absolute atomic E-state index is 12.5. The number of hydrogen-bond acceptors (Lipinski definition) is 0. The number of hydrogen-bond donors (Lipinski definition) is 0. The number of halogens is 11. The molecule has 0 nitrogen and oxygen atoms in total. The SMILES string of the molecule is F[C@H](C(F)(F)F)C(F)(F)C(F)(F)CCC(F)(F)F. The minimum absolute atomic E-state index is 2.46. The van der Waals surface area contributed by atoms with E-state index < -0.39 is 43.2 Å². The molecular formula is C7H5F11. The first-order chi connectivity index (χ1) is 7.61. The molecule has 0 rings (SSSR count). The first kappa shape index (κ1) is 17.2. The van der Waals surface area contributed by atoms with Gasteiger partial charge in [0, 0.05) is 12.8 Å². The normalized spacial score (nSPS) is 16.8. The van der Waals surface area contributed by atoms with Crippen molar-refractivity contribution in [3.8, 4) is 0 Å². The van der Waals surface area contributed by atoms with E-state index in [1.807, 2.05) is 0 Å². The lowest BCUT2D eigenvalue weighted by atomic mass is 10.0. The smallest absolute Gasteiger partial charge is 0.230 e. The quantitative estimate of drug-likeness (QED) is 0.670. The molecule has 0 spiro atoms. The Morgan fingerprint density at radius 3 is 1.33 bits per heavy atom. The summed E-state index contributed by atoms with van der Waals surface area (Å²) in [6.45, 7) is 0. The Balaban J connectivity index is 4.97. The van der Waals surface area contributed by atoms with Gasteiger partial charge >= 0.3 is 24.2 Å². The van der Waals surface area contributed by atoms with Crippen LogP contribution in [-0.2, 0) is 0 Å². The summed E-state index contributed by atoms with van der Waals surface area (Å²) in [4.78, 5) is 0. The molecule has 0 amide bonds. The fourth-order valence-electron chi connectivity index (χ4n) is 0.856. The number of rotatable bonds is 4. The zero-order valence-corrected chi connectivity index (χ0v) is 8.15. The highest BCUT2D eigenvalue weighted by atomic mass is 19.4. The molecule has 1 atom stereocenters. The van der Waals surface area contributed by atoms with Gasteiger partial charge in [0.15, 0.2) is 0 Å². The first-order valence-corrected chi connectivity index (χ1v) is 4.14. The van der Waals surface area contributed by atoms with Crippen LogP contribution in [0.2, 0.25) is 0 Å². The highest BCUT2D eigenvalue weighted by Gasteiger charge is 2.69. The van der Waals surface area contributed by atoms with E-state index in [4.69, 9.17) is 0 Å². The summed E-state index contributed by atoms with van der Waals surface area (Å²) in [6, 6.07) is 0. The molecule has 0 radical (unpaired) electrons. The molecule has 0 bridgehead atoms. The van der Waals surface area contributed by atoms with Gasteiger partial charge in [0.25, 0.3) is 6.17 Å². The van der Waals surface area contributed by atoms with Crippen molar-refractivity contribution in [3.05, 3.63) is 0 Å². The first-order valence-electron chi connectivity index (χ1n) is 4.14. The van der Waals surface area contributed by atoms with Gasteiger partial charge in [-0.1, -0.05) is 0 Å². The third-order valence-corrected chi connectivity index (χ3v) is 1.82. The summed E-state index contributed by atoms with van der Waals surface area (Å²) < 4.78 is 131. The van der Waals surface area contributed by atoms with Gasteiger partial charge in [0.1, 0.15) is 0 Å². The average molecular weight is 298 g/mol. The van der Waals surface area contributed by atoms with Gasteiger partial charge in [-0.15, -0.1) is 0 Å². The van der Waals surface area contributed by atoms with Gasteiger partial charge in [0.2, 0.25) is 0 Å². The van der Waals surface area contributed by atoms with Gasteiger partial charge in [-0.3, -0.25) is 0 Å². The predicted octanol–water partition coefficient (Wildman–Crippen LogP) is 4.50. The molecule has 0 saturated carbocycles. The number of alkyl halides is 11. The molecule has 0 saturated heterocycles. The summed E-state index contributed by atoms with van der Waals surface area (Å²) in [5.41, 5.74) is 0. The zero-order valence-electron chi connectivity index (χ0n) is 8.15. The Labute approximate surface area is 92.7 Å². The maximum atomic E-state index is 12.5. The third kappa shape index (κ3) is 4.16. The molecular weight excluding hydrogens is 293 g/mol. The van der Waals surface area contributed by atoms with Crippen LogP contribution in [0.1, 0.15) is 12.8 Å². The van der Waals surface area contributed by atoms with Crippen molar-refractivity contribution in [1.29, 1.82) is 0 Å². The summed E-state index contributed by atoms with van der Waals surface area (Å²) >= 11 is 0. The van der Waals surface area contributed by atoms with E-state index in [-0.39, 0.29) is 0 Å². The predicted molar refractivity (Wildman–Crippen MR) is 36.1 cm³/mol. The van der Waals surface area contributed by atoms with Crippen LogP contribution < -0.4 is 0 Å². The lowest BCUT2D eigenvalue weighted by molar-refractivity contribution is -0.310. The molecule has 0 aromatic rings. The fraction of sp³-hybridized carbons (Fsp3) is 1.00. The summed E-state index contributed by atoms with van der Waals surface area (Å²) in [6.07, 6.45) is -21.9. The second kappa shape index (κ2) is 4.72. The fourth-order valence-corrected chi connectivity index (χ4v) is 0.856. The molecule has 0 aliphatic rings. The molecule has 0 aliphatic carbocycles. The van der Waals surface area contributed by atoms with E-state index in [1.54, 1.807) is 0 Å². The Morgan fingerprint density at radius 2 is 1.06 bits per heavy atom. The van der Waals surface area contributed by atoms with E-state index in [0.717, 1.165) is 0 Å². The molecule has 0 fully saturated rings. The molecule has 0 aromatic carbocycles. The molecule has 0 unspecified atom stereocenters. The van der Waals surface area contributed by atoms with Crippen molar-refractivity contribution in [2.24, 2.45) is 0 Å². The van der Waals surface area contributed by atoms with E-state index in [0.29, 0.717) is 0 Å². The Bertz CT molecular complexity index is 272. The zero-order chi connectivity index (χ0) is 15.0. The summed E-state index contributed by atoms with van der Waals surface area (Å²) in [5.74, 6) is -12.0. The molecule has 11 heteroatoms. The standard InChI is InChI=1S/C7H5F11/c8-3(7(16,17)18)6(14,15)4(9,10)1-2-5(11,12)13/h3H,1-2H2/t3-/m0/s1. The van der Waals surface area contributed by atoms with Crippen molar-refractivity contribution < 1.29 is 48.3 Å². The van der Waals surface area contributed by atoms with E-state index in [1.165, 1.54) is 0 Å². The van der Waals surface area contributed by atoms with Crippen LogP contribution >= 0.6 is 0 Å². The summed E-state index contributed by atoms with van der Waals surface area (Å²) in [7, 11) is 0. The van der Waals surface area contributed by atoms with E-state index in [9.17, 15) is 48.3 Å². The Kier molecular flexibility index (Phi) is 4.52. The molecule has 0 heterocycles. The Morgan fingerprint density at radius 1 is 0.667 bits per heavy atom. The van der Waals surface area contributed by atoms with Gasteiger partial charge in [-0.05, 0) is 0 Å². The van der Waals surface area contributed by atoms with Crippen LogP contribution in [0.25, 0.3) is 0 Å². The van der Waals surface area contributed by atoms with Crippen LogP contribution in [0.3, 0.4) is 0 Å². The second-order valence-corrected chi connectivity index (χ2v) is 3.35. The third-order valence-electron chi connectivity index (χ3n) is 1.82. The lowest BCUT2D eigenvalue weighted by Crippen LogP contribution is -2.53. The maximum Gasteiger partial charge on any atom is 0.425 e. The highest BCUT2D eigenvalue weighted by molar-refractivity contribution is 4.94. The van der Waals surface area contributed by atoms with Gasteiger partial charge in [0.05, 0.1) is 0 Å². The molecule has 0 N–H and O–H groups in total. The largest absolute Gasteiger partial charge is 0.425 e. The van der Waals surface area contributed by atoms with Crippen LogP contribution in [0.4, 0.5) is 48.3 Å². The highest BCUT2D eigenvalue weighted by Crippen LogP contribution is 2.47. The molecule has 0 aromatic heterocycles. The van der Waals surface area contributed by atoms with Gasteiger partial charge < -0.3 is 0 Å². The van der Waals surface area contributed by atoms with Crippen LogP contribution in [-0.4, -0.2) is 30.4 Å². The van der Waals surface area contributed by atoms with Crippen molar-refractivity contribution in [2.75, 3.05) is 0 Å². The second-order valence-electron chi connectivity index (χ2n) is 3.35. The topological polar surface area (TPSA) is 0 Å². The summed E-state index contributed by atoms with van der Waals surface area (Å²) in [5, 5.41) is 0. The van der Waals surface area contributed by atoms with Crippen molar-refractivity contribution >= 4 is 0 Å². The minimum atomic E-state index is -6.30. The van der Waals surface area contributed by atoms with Crippen LogP contribution in [0.15, 0.2) is 0 Å². The van der Waals surface area contributed by atoms with Crippen molar-refractivity contribution in [3.63, 3.8) is 0 Å². The van der Waals surface area contributed by atoms with Crippen LogP contribution in [0.5, 0.6) is 0 Å².